The largest absolute Gasteiger partial charge is 0.366 e. The van der Waals surface area contributed by atoms with Gasteiger partial charge in [0.15, 0.2) is 0 Å². The molecule has 0 saturated carbocycles. The molecule has 2 rings (SSSR count). The number of nitrogens with zero attached hydrogens (tertiary/aromatic N) is 2. The summed E-state index contributed by atoms with van der Waals surface area (Å²) in [4.78, 5) is 18.6. The predicted molar refractivity (Wildman–Crippen MR) is 81.7 cm³/mol. The van der Waals surface area contributed by atoms with Crippen molar-refractivity contribution in [2.75, 3.05) is 18.6 Å². The molecule has 2 heterocycles. The summed E-state index contributed by atoms with van der Waals surface area (Å²) >= 11 is 2.03. The zero-order chi connectivity index (χ0) is 14.8. The van der Waals surface area contributed by atoms with Crippen molar-refractivity contribution in [2.45, 2.75) is 10.5 Å². The van der Waals surface area contributed by atoms with Crippen molar-refractivity contribution in [2.24, 2.45) is 0 Å². The van der Waals surface area contributed by atoms with Crippen LogP contribution in [0.4, 0.5) is 0 Å². The predicted octanol–water partition coefficient (Wildman–Crippen LogP) is 0.0110. The first-order valence-corrected chi connectivity index (χ1v) is 9.01. The van der Waals surface area contributed by atoms with E-state index >= 15 is 0 Å². The molecule has 0 saturated heterocycles. The van der Waals surface area contributed by atoms with E-state index in [1.165, 1.54) is 6.20 Å². The number of H-pyrrole nitrogens is 2. The van der Waals surface area contributed by atoms with E-state index < -0.39 is 9.84 Å². The standard InChI is InChI=1S/C10H13IN4O4S/c1-20(17,18)3-2-19-7(11)4-8-13-6-5-12-15-9(6)10(16)14-8/h5,7H,2-4H2,1H3,(H,12,15)(H,13,14,16)/t7-/m1/s1. The average Bonchev–Trinajstić information content (AvgIpc) is 2.75. The molecular formula is C10H13IN4O4S. The monoisotopic (exact) mass is 412 g/mol. The zero-order valence-corrected chi connectivity index (χ0v) is 13.6. The van der Waals surface area contributed by atoms with Crippen molar-refractivity contribution in [3.05, 3.63) is 22.4 Å². The Morgan fingerprint density at radius 1 is 1.50 bits per heavy atom. The topological polar surface area (TPSA) is 118 Å². The fourth-order valence-electron chi connectivity index (χ4n) is 1.53. The van der Waals surface area contributed by atoms with E-state index in [0.29, 0.717) is 23.3 Å². The summed E-state index contributed by atoms with van der Waals surface area (Å²) in [6.07, 6.45) is 3.01. The number of ether oxygens (including phenoxy) is 1. The summed E-state index contributed by atoms with van der Waals surface area (Å²) in [6.45, 7) is 0.116. The highest BCUT2D eigenvalue weighted by atomic mass is 127. The molecule has 0 radical (unpaired) electrons. The summed E-state index contributed by atoms with van der Waals surface area (Å²) < 4.78 is 27.1. The molecule has 0 bridgehead atoms. The average molecular weight is 412 g/mol. The second-order valence-electron chi connectivity index (χ2n) is 4.26. The van der Waals surface area contributed by atoms with Gasteiger partial charge >= 0.3 is 0 Å². The molecule has 0 fully saturated rings. The molecule has 2 aromatic rings. The molecule has 0 amide bonds. The van der Waals surface area contributed by atoms with Crippen LogP contribution in [0.3, 0.4) is 0 Å². The number of hydrogen-bond donors (Lipinski definition) is 2. The summed E-state index contributed by atoms with van der Waals surface area (Å²) in [5.74, 6) is 0.444. The molecule has 0 unspecified atom stereocenters. The lowest BCUT2D eigenvalue weighted by atomic mass is 10.4. The lowest BCUT2D eigenvalue weighted by Crippen LogP contribution is -2.19. The lowest BCUT2D eigenvalue weighted by molar-refractivity contribution is 0.136. The first-order valence-electron chi connectivity index (χ1n) is 5.71. The Hall–Kier alpha value is -1.01. The molecule has 20 heavy (non-hydrogen) atoms. The molecular weight excluding hydrogens is 399 g/mol. The van der Waals surface area contributed by atoms with Gasteiger partial charge in [0.05, 0.1) is 18.6 Å². The van der Waals surface area contributed by atoms with Crippen LogP contribution in [0.5, 0.6) is 0 Å². The van der Waals surface area contributed by atoms with Crippen LogP contribution in [-0.4, -0.2) is 51.3 Å². The highest BCUT2D eigenvalue weighted by Gasteiger charge is 2.12. The van der Waals surface area contributed by atoms with E-state index in [1.807, 2.05) is 22.6 Å². The molecule has 0 aromatic carbocycles. The van der Waals surface area contributed by atoms with Crippen LogP contribution in [0.25, 0.3) is 11.0 Å². The van der Waals surface area contributed by atoms with E-state index in [4.69, 9.17) is 4.74 Å². The van der Waals surface area contributed by atoms with Gasteiger partial charge in [0.1, 0.15) is 30.8 Å². The fraction of sp³-hybridized carbons (Fsp3) is 0.500. The fourth-order valence-corrected chi connectivity index (χ4v) is 2.60. The second kappa shape index (κ2) is 6.18. The third kappa shape index (κ3) is 4.24. The molecule has 0 aliphatic carbocycles. The van der Waals surface area contributed by atoms with Crippen LogP contribution >= 0.6 is 22.6 Å². The van der Waals surface area contributed by atoms with Gasteiger partial charge in [-0.25, -0.2) is 13.4 Å². The quantitative estimate of drug-likeness (QED) is 0.510. The Morgan fingerprint density at radius 2 is 2.25 bits per heavy atom. The van der Waals surface area contributed by atoms with Crippen LogP contribution in [0.1, 0.15) is 5.82 Å². The Bertz CT molecular complexity index is 754. The van der Waals surface area contributed by atoms with Crippen LogP contribution in [0, 0.1) is 0 Å². The highest BCUT2D eigenvalue weighted by Crippen LogP contribution is 2.10. The van der Waals surface area contributed by atoms with E-state index in [9.17, 15) is 13.2 Å². The van der Waals surface area contributed by atoms with Gasteiger partial charge in [-0.05, 0) is 0 Å². The molecule has 1 atom stereocenters. The van der Waals surface area contributed by atoms with E-state index in [0.717, 1.165) is 6.26 Å². The van der Waals surface area contributed by atoms with Crippen molar-refractivity contribution in [1.82, 2.24) is 20.2 Å². The van der Waals surface area contributed by atoms with Gasteiger partial charge in [-0.3, -0.25) is 9.89 Å². The Labute approximate surface area is 128 Å². The Balaban J connectivity index is 1.99. The summed E-state index contributed by atoms with van der Waals surface area (Å²) in [6, 6.07) is 0. The summed E-state index contributed by atoms with van der Waals surface area (Å²) in [7, 11) is -3.03. The van der Waals surface area contributed by atoms with Crippen molar-refractivity contribution in [3.63, 3.8) is 0 Å². The van der Waals surface area contributed by atoms with Gasteiger partial charge in [0.25, 0.3) is 5.56 Å². The van der Waals surface area contributed by atoms with Crippen molar-refractivity contribution < 1.29 is 13.2 Å². The van der Waals surface area contributed by atoms with E-state index in [2.05, 4.69) is 20.2 Å². The van der Waals surface area contributed by atoms with Gasteiger partial charge in [0.2, 0.25) is 0 Å². The van der Waals surface area contributed by atoms with Crippen molar-refractivity contribution in [1.29, 1.82) is 0 Å². The zero-order valence-electron chi connectivity index (χ0n) is 10.6. The van der Waals surface area contributed by atoms with E-state index in [1.54, 1.807) is 0 Å². The Kier molecular flexibility index (Phi) is 4.75. The minimum absolute atomic E-state index is 0.0305. The van der Waals surface area contributed by atoms with Gasteiger partial charge in [-0.1, -0.05) is 22.6 Å². The number of nitrogens with one attached hydrogen (secondary N) is 2. The molecule has 2 N–H and O–H groups in total. The maximum absolute atomic E-state index is 11.7. The summed E-state index contributed by atoms with van der Waals surface area (Å²) in [5.41, 5.74) is 0.530. The van der Waals surface area contributed by atoms with Crippen LogP contribution in [0.15, 0.2) is 11.0 Å². The molecule has 2 aromatic heterocycles. The van der Waals surface area contributed by atoms with Gasteiger partial charge in [-0.2, -0.15) is 5.10 Å². The highest BCUT2D eigenvalue weighted by molar-refractivity contribution is 14.1. The minimum Gasteiger partial charge on any atom is -0.366 e. The molecule has 0 aliphatic rings. The molecule has 10 heteroatoms. The number of halogens is 1. The van der Waals surface area contributed by atoms with Gasteiger partial charge in [0, 0.05) is 12.7 Å². The van der Waals surface area contributed by atoms with Crippen LogP contribution < -0.4 is 5.56 Å². The molecule has 8 nitrogen and oxygen atoms in total. The Morgan fingerprint density at radius 3 is 2.95 bits per heavy atom. The van der Waals surface area contributed by atoms with Crippen LogP contribution in [0.2, 0.25) is 0 Å². The van der Waals surface area contributed by atoms with Crippen LogP contribution in [-0.2, 0) is 21.0 Å². The van der Waals surface area contributed by atoms with E-state index in [-0.39, 0.29) is 22.0 Å². The first kappa shape index (κ1) is 15.4. The van der Waals surface area contributed by atoms with Gasteiger partial charge < -0.3 is 9.72 Å². The van der Waals surface area contributed by atoms with Gasteiger partial charge in [-0.15, -0.1) is 0 Å². The van der Waals surface area contributed by atoms with Crippen molar-refractivity contribution >= 4 is 43.5 Å². The SMILES string of the molecule is CS(=O)(=O)CCO[C@@H](I)Cc1nc2cn[nH]c2c(=O)[nH]1. The number of hydrogen-bond acceptors (Lipinski definition) is 6. The second-order valence-corrected chi connectivity index (χ2v) is 7.91. The maximum Gasteiger partial charge on any atom is 0.276 e. The third-order valence-corrected chi connectivity index (χ3v) is 4.17. The maximum atomic E-state index is 11.7. The third-order valence-electron chi connectivity index (χ3n) is 2.47. The number of sulfone groups is 1. The molecule has 110 valence electrons. The molecule has 0 aliphatic heterocycles. The summed E-state index contributed by atoms with van der Waals surface area (Å²) in [5, 5.41) is 6.31. The number of fused-ring (bicyclic) bond motifs is 1. The smallest absolute Gasteiger partial charge is 0.276 e. The molecule has 0 spiro atoms. The number of alkyl halides is 1. The number of aromatic nitrogens is 4. The van der Waals surface area contributed by atoms with Crippen molar-refractivity contribution in [3.8, 4) is 0 Å². The lowest BCUT2D eigenvalue weighted by Gasteiger charge is -2.10. The number of aromatic amines is 2. The minimum atomic E-state index is -3.03. The number of rotatable bonds is 6. The first-order chi connectivity index (χ1) is 9.35. The normalized spacial score (nSPS) is 13.7.